The van der Waals surface area contributed by atoms with Gasteiger partial charge in [0.1, 0.15) is 11.6 Å². The lowest BCUT2D eigenvalue weighted by atomic mass is 10.1. The zero-order chi connectivity index (χ0) is 23.7. The Kier molecular flexibility index (Phi) is 5.69. The number of hydrogen-bond acceptors (Lipinski definition) is 4. The van der Waals surface area contributed by atoms with Crippen LogP contribution in [0.25, 0.3) is 0 Å². The number of nitrogens with zero attached hydrogens (tertiary/aromatic N) is 2. The van der Waals surface area contributed by atoms with Gasteiger partial charge in [0.05, 0.1) is 34.1 Å². The van der Waals surface area contributed by atoms with E-state index in [0.29, 0.717) is 12.1 Å². The molecule has 168 valence electrons. The number of carbonyl (C=O) groups excluding carboxylic acids is 2. The van der Waals surface area contributed by atoms with Crippen LogP contribution in [0.1, 0.15) is 26.3 Å². The van der Waals surface area contributed by atoms with E-state index in [-0.39, 0.29) is 22.3 Å². The van der Waals surface area contributed by atoms with Crippen molar-refractivity contribution in [3.05, 3.63) is 113 Å². The number of rotatable bonds is 3. The van der Waals surface area contributed by atoms with Gasteiger partial charge in [-0.15, -0.1) is 0 Å². The minimum Gasteiger partial charge on any atom is -0.354 e. The quantitative estimate of drug-likeness (QED) is 0.382. The van der Waals surface area contributed by atoms with Crippen LogP contribution >= 0.6 is 11.6 Å². The summed E-state index contributed by atoms with van der Waals surface area (Å²) < 4.78 is 13.2. The Morgan fingerprint density at radius 2 is 1.74 bits per heavy atom. The highest BCUT2D eigenvalue weighted by Crippen LogP contribution is 2.36. The molecule has 0 aliphatic carbocycles. The van der Waals surface area contributed by atoms with E-state index < -0.39 is 11.7 Å². The number of pyridine rings is 1. The number of halogens is 2. The van der Waals surface area contributed by atoms with E-state index in [0.717, 1.165) is 34.8 Å². The molecule has 2 heterocycles. The average molecular weight is 473 g/mol. The van der Waals surface area contributed by atoms with Crippen molar-refractivity contribution >= 4 is 46.3 Å². The van der Waals surface area contributed by atoms with E-state index in [4.69, 9.17) is 11.6 Å². The van der Waals surface area contributed by atoms with Crippen LogP contribution in [-0.2, 0) is 6.54 Å². The summed E-state index contributed by atoms with van der Waals surface area (Å²) in [5, 5.41) is 6.01. The van der Waals surface area contributed by atoms with Gasteiger partial charge in [-0.3, -0.25) is 9.59 Å². The zero-order valence-electron chi connectivity index (χ0n) is 17.8. The molecule has 1 aromatic heterocycles. The molecule has 0 saturated heterocycles. The molecular formula is C26H18ClFN4O2. The van der Waals surface area contributed by atoms with Crippen LogP contribution in [-0.4, -0.2) is 16.8 Å². The van der Waals surface area contributed by atoms with Crippen molar-refractivity contribution in [1.29, 1.82) is 0 Å². The van der Waals surface area contributed by atoms with Gasteiger partial charge in [-0.05, 0) is 54.1 Å². The van der Waals surface area contributed by atoms with Gasteiger partial charge in [-0.1, -0.05) is 41.9 Å². The standard InChI is InChI=1S/C26H18ClFN4O2/c27-20-13-18(28)10-11-19(20)25(33)31-24-12-9-16(14-29-24)26(34)32-15-17-5-1-2-6-21(17)30-22-7-3-4-8-23(22)32/h1-14,30H,15H2,(H,29,31,33). The van der Waals surface area contributed by atoms with E-state index in [1.807, 2.05) is 48.5 Å². The van der Waals surface area contributed by atoms with Crippen LogP contribution in [0.3, 0.4) is 0 Å². The second-order valence-electron chi connectivity index (χ2n) is 7.70. The lowest BCUT2D eigenvalue weighted by Crippen LogP contribution is -2.30. The summed E-state index contributed by atoms with van der Waals surface area (Å²) in [6, 6.07) is 22.1. The average Bonchev–Trinajstić information content (AvgIpc) is 3.01. The van der Waals surface area contributed by atoms with Crippen molar-refractivity contribution in [1.82, 2.24) is 4.98 Å². The summed E-state index contributed by atoms with van der Waals surface area (Å²) in [6.07, 6.45) is 1.41. The molecule has 0 bridgehead atoms. The van der Waals surface area contributed by atoms with Gasteiger partial charge in [0.2, 0.25) is 0 Å². The maximum Gasteiger partial charge on any atom is 0.260 e. The number of benzene rings is 3. The molecule has 34 heavy (non-hydrogen) atoms. The van der Waals surface area contributed by atoms with E-state index in [2.05, 4.69) is 15.6 Å². The summed E-state index contributed by atoms with van der Waals surface area (Å²) in [4.78, 5) is 31.9. The number of carbonyl (C=O) groups is 2. The SMILES string of the molecule is O=C(Nc1ccc(C(=O)N2Cc3ccccc3Nc3ccccc32)cn1)c1ccc(F)cc1Cl. The van der Waals surface area contributed by atoms with Crippen molar-refractivity contribution in [2.45, 2.75) is 6.54 Å². The molecule has 4 aromatic rings. The topological polar surface area (TPSA) is 74.3 Å². The minimum atomic E-state index is -0.532. The summed E-state index contributed by atoms with van der Waals surface area (Å²) in [5.74, 6) is -1.04. The smallest absolute Gasteiger partial charge is 0.260 e. The highest BCUT2D eigenvalue weighted by molar-refractivity contribution is 6.34. The second kappa shape index (κ2) is 8.96. The minimum absolute atomic E-state index is 0.00184. The third-order valence-electron chi connectivity index (χ3n) is 5.48. The molecule has 0 fully saturated rings. The molecule has 1 aliphatic rings. The van der Waals surface area contributed by atoms with Crippen molar-refractivity contribution < 1.29 is 14.0 Å². The molecular weight excluding hydrogens is 455 g/mol. The molecule has 3 aromatic carbocycles. The highest BCUT2D eigenvalue weighted by atomic mass is 35.5. The van der Waals surface area contributed by atoms with Crippen LogP contribution in [0.4, 0.5) is 27.3 Å². The molecule has 6 nitrogen and oxygen atoms in total. The molecule has 5 rings (SSSR count). The Hall–Kier alpha value is -4.23. The number of para-hydroxylation sites is 3. The first-order chi connectivity index (χ1) is 16.5. The van der Waals surface area contributed by atoms with Gasteiger partial charge in [0, 0.05) is 11.9 Å². The van der Waals surface area contributed by atoms with Crippen molar-refractivity contribution in [2.24, 2.45) is 0 Å². The van der Waals surface area contributed by atoms with Gasteiger partial charge in [0.15, 0.2) is 0 Å². The third kappa shape index (κ3) is 4.21. The lowest BCUT2D eigenvalue weighted by molar-refractivity contribution is 0.0984. The first kappa shape index (κ1) is 21.6. The van der Waals surface area contributed by atoms with Gasteiger partial charge in [-0.25, -0.2) is 9.37 Å². The first-order valence-electron chi connectivity index (χ1n) is 10.5. The van der Waals surface area contributed by atoms with Crippen LogP contribution in [0.2, 0.25) is 5.02 Å². The Morgan fingerprint density at radius 3 is 2.50 bits per heavy atom. The predicted molar refractivity (Wildman–Crippen MR) is 130 cm³/mol. The maximum absolute atomic E-state index is 13.5. The Balaban J connectivity index is 1.39. The lowest BCUT2D eigenvalue weighted by Gasteiger charge is -2.22. The summed E-state index contributed by atoms with van der Waals surface area (Å²) in [6.45, 7) is 0.389. The number of hydrogen-bond donors (Lipinski definition) is 2. The number of nitrogens with one attached hydrogen (secondary N) is 2. The predicted octanol–water partition coefficient (Wildman–Crippen LogP) is 6.03. The molecule has 2 N–H and O–H groups in total. The fourth-order valence-corrected chi connectivity index (χ4v) is 4.04. The Bertz CT molecular complexity index is 1410. The van der Waals surface area contributed by atoms with Crippen LogP contribution in [0.15, 0.2) is 85.1 Å². The number of fused-ring (bicyclic) bond motifs is 2. The molecule has 0 atom stereocenters. The van der Waals surface area contributed by atoms with E-state index in [1.54, 1.807) is 17.0 Å². The molecule has 0 spiro atoms. The second-order valence-corrected chi connectivity index (χ2v) is 8.11. The fourth-order valence-electron chi connectivity index (χ4n) is 3.78. The van der Waals surface area contributed by atoms with Gasteiger partial charge >= 0.3 is 0 Å². The van der Waals surface area contributed by atoms with Gasteiger partial charge in [-0.2, -0.15) is 0 Å². The summed E-state index contributed by atoms with van der Waals surface area (Å²) >= 11 is 5.96. The largest absolute Gasteiger partial charge is 0.354 e. The van der Waals surface area contributed by atoms with Gasteiger partial charge < -0.3 is 15.5 Å². The number of anilines is 4. The van der Waals surface area contributed by atoms with Crippen molar-refractivity contribution in [3.63, 3.8) is 0 Å². The maximum atomic E-state index is 13.5. The summed E-state index contributed by atoms with van der Waals surface area (Å²) in [5.41, 5.74) is 4.01. The molecule has 2 amide bonds. The summed E-state index contributed by atoms with van der Waals surface area (Å²) in [7, 11) is 0. The highest BCUT2D eigenvalue weighted by Gasteiger charge is 2.25. The van der Waals surface area contributed by atoms with E-state index in [1.165, 1.54) is 12.3 Å². The molecule has 0 radical (unpaired) electrons. The zero-order valence-corrected chi connectivity index (χ0v) is 18.5. The van der Waals surface area contributed by atoms with E-state index in [9.17, 15) is 14.0 Å². The van der Waals surface area contributed by atoms with Crippen molar-refractivity contribution in [2.75, 3.05) is 15.5 Å². The molecule has 0 unspecified atom stereocenters. The van der Waals surface area contributed by atoms with Crippen LogP contribution in [0.5, 0.6) is 0 Å². The number of amides is 2. The van der Waals surface area contributed by atoms with Gasteiger partial charge in [0.25, 0.3) is 11.8 Å². The van der Waals surface area contributed by atoms with E-state index >= 15 is 0 Å². The number of aromatic nitrogens is 1. The van der Waals surface area contributed by atoms with Crippen LogP contribution in [0, 0.1) is 5.82 Å². The van der Waals surface area contributed by atoms with Crippen LogP contribution < -0.4 is 15.5 Å². The first-order valence-corrected chi connectivity index (χ1v) is 10.9. The Morgan fingerprint density at radius 1 is 0.971 bits per heavy atom. The molecule has 1 aliphatic heterocycles. The van der Waals surface area contributed by atoms with Crippen molar-refractivity contribution in [3.8, 4) is 0 Å². The Labute approximate surface area is 200 Å². The third-order valence-corrected chi connectivity index (χ3v) is 5.80. The monoisotopic (exact) mass is 472 g/mol. The fraction of sp³-hybridized carbons (Fsp3) is 0.0385. The molecule has 8 heteroatoms. The normalized spacial score (nSPS) is 12.1. The molecule has 0 saturated carbocycles.